The SMILES string of the molecule is N#Cc1cc(-c2ccc3c(c2CC(=O)O)CCC3)ccn1.O=C(O)C(F)(F)F. The van der Waals surface area contributed by atoms with Gasteiger partial charge in [0.15, 0.2) is 0 Å². The summed E-state index contributed by atoms with van der Waals surface area (Å²) in [7, 11) is 0. The number of aromatic nitrogens is 1. The molecule has 1 aliphatic carbocycles. The monoisotopic (exact) mass is 392 g/mol. The lowest BCUT2D eigenvalue weighted by molar-refractivity contribution is -0.192. The van der Waals surface area contributed by atoms with Crippen LogP contribution >= 0.6 is 0 Å². The van der Waals surface area contributed by atoms with Gasteiger partial charge in [0.25, 0.3) is 0 Å². The number of aryl methyl sites for hydroxylation is 1. The summed E-state index contributed by atoms with van der Waals surface area (Å²) >= 11 is 0. The Kier molecular flexibility index (Phi) is 6.36. The maximum Gasteiger partial charge on any atom is 0.490 e. The summed E-state index contributed by atoms with van der Waals surface area (Å²) in [5, 5.41) is 25.3. The van der Waals surface area contributed by atoms with Crippen molar-refractivity contribution in [3.8, 4) is 17.2 Å². The number of hydrogen-bond acceptors (Lipinski definition) is 4. The third kappa shape index (κ3) is 5.07. The standard InChI is InChI=1S/C17H14N2O2.C2HF3O2/c18-10-13-8-12(6-7-19-13)15-5-4-11-2-1-3-14(11)16(15)9-17(20)21;3-2(4,5)1(6)7/h4-8H,1-3,9H2,(H,20,21);(H,6,7). The summed E-state index contributed by atoms with van der Waals surface area (Å²) in [5.74, 6) is -3.58. The highest BCUT2D eigenvalue weighted by molar-refractivity contribution is 5.79. The van der Waals surface area contributed by atoms with E-state index in [1.54, 1.807) is 12.3 Å². The van der Waals surface area contributed by atoms with Gasteiger partial charge in [-0.15, -0.1) is 0 Å². The highest BCUT2D eigenvalue weighted by Gasteiger charge is 2.38. The average Bonchev–Trinajstić information content (AvgIpc) is 3.10. The third-order valence-corrected chi connectivity index (χ3v) is 4.16. The first-order valence-electron chi connectivity index (χ1n) is 8.15. The molecule has 3 rings (SSSR count). The molecule has 0 spiro atoms. The molecule has 28 heavy (non-hydrogen) atoms. The van der Waals surface area contributed by atoms with Gasteiger partial charge in [-0.3, -0.25) is 4.79 Å². The van der Waals surface area contributed by atoms with Crippen molar-refractivity contribution in [1.29, 1.82) is 5.26 Å². The van der Waals surface area contributed by atoms with E-state index in [0.717, 1.165) is 36.0 Å². The first-order chi connectivity index (χ1) is 13.1. The molecule has 1 aromatic heterocycles. The van der Waals surface area contributed by atoms with Crippen LogP contribution in [0.1, 0.15) is 28.8 Å². The molecule has 0 unspecified atom stereocenters. The number of carbonyl (C=O) groups is 2. The number of carboxylic acid groups (broad SMARTS) is 2. The zero-order chi connectivity index (χ0) is 20.9. The van der Waals surface area contributed by atoms with E-state index in [9.17, 15) is 23.1 Å². The number of halogens is 3. The summed E-state index contributed by atoms with van der Waals surface area (Å²) < 4.78 is 31.7. The largest absolute Gasteiger partial charge is 0.490 e. The number of alkyl halides is 3. The van der Waals surface area contributed by atoms with E-state index in [2.05, 4.69) is 11.1 Å². The third-order valence-electron chi connectivity index (χ3n) is 4.16. The fraction of sp³-hybridized carbons (Fsp3) is 0.263. The van der Waals surface area contributed by atoms with Crippen molar-refractivity contribution in [3.63, 3.8) is 0 Å². The molecule has 0 aliphatic heterocycles. The van der Waals surface area contributed by atoms with Crippen molar-refractivity contribution in [2.24, 2.45) is 0 Å². The number of fused-ring (bicyclic) bond motifs is 1. The minimum atomic E-state index is -5.08. The lowest BCUT2D eigenvalue weighted by Crippen LogP contribution is -2.21. The Bertz CT molecular complexity index is 949. The Morgan fingerprint density at radius 1 is 1.18 bits per heavy atom. The Hall–Kier alpha value is -3.41. The van der Waals surface area contributed by atoms with Crippen molar-refractivity contribution < 1.29 is 33.0 Å². The smallest absolute Gasteiger partial charge is 0.481 e. The number of pyridine rings is 1. The minimum Gasteiger partial charge on any atom is -0.481 e. The summed E-state index contributed by atoms with van der Waals surface area (Å²) in [6.45, 7) is 0. The number of nitrogens with zero attached hydrogens (tertiary/aromatic N) is 2. The lowest BCUT2D eigenvalue weighted by atomic mass is 9.91. The van der Waals surface area contributed by atoms with Gasteiger partial charge >= 0.3 is 18.1 Å². The van der Waals surface area contributed by atoms with Gasteiger partial charge in [-0.1, -0.05) is 12.1 Å². The Morgan fingerprint density at radius 2 is 1.86 bits per heavy atom. The Labute approximate surface area is 157 Å². The van der Waals surface area contributed by atoms with Crippen LogP contribution < -0.4 is 0 Å². The van der Waals surface area contributed by atoms with E-state index in [1.807, 2.05) is 18.2 Å². The molecule has 0 atom stereocenters. The summed E-state index contributed by atoms with van der Waals surface area (Å²) in [4.78, 5) is 24.1. The number of benzene rings is 1. The number of hydrogen-bond donors (Lipinski definition) is 2. The molecule has 6 nitrogen and oxygen atoms in total. The fourth-order valence-electron chi connectivity index (χ4n) is 3.03. The highest BCUT2D eigenvalue weighted by Crippen LogP contribution is 2.33. The van der Waals surface area contributed by atoms with Crippen molar-refractivity contribution in [3.05, 3.63) is 52.8 Å². The van der Waals surface area contributed by atoms with E-state index in [4.69, 9.17) is 15.2 Å². The van der Waals surface area contributed by atoms with Crippen LogP contribution in [0.3, 0.4) is 0 Å². The molecule has 1 aromatic carbocycles. The van der Waals surface area contributed by atoms with Crippen LogP contribution in [0.25, 0.3) is 11.1 Å². The van der Waals surface area contributed by atoms with Gasteiger partial charge in [-0.2, -0.15) is 18.4 Å². The zero-order valence-electron chi connectivity index (χ0n) is 14.5. The van der Waals surface area contributed by atoms with Gasteiger partial charge < -0.3 is 10.2 Å². The second-order valence-electron chi connectivity index (χ2n) is 6.00. The van der Waals surface area contributed by atoms with E-state index < -0.39 is 18.1 Å². The molecule has 2 N–H and O–H groups in total. The van der Waals surface area contributed by atoms with Gasteiger partial charge in [0, 0.05) is 6.20 Å². The van der Waals surface area contributed by atoms with Crippen molar-refractivity contribution in [2.45, 2.75) is 31.9 Å². The molecular formula is C19H15F3N2O4. The number of aliphatic carboxylic acids is 2. The van der Waals surface area contributed by atoms with Crippen LogP contribution in [-0.2, 0) is 28.9 Å². The molecule has 0 radical (unpaired) electrons. The molecule has 0 saturated heterocycles. The minimum absolute atomic E-state index is 0.0166. The second-order valence-corrected chi connectivity index (χ2v) is 6.00. The van der Waals surface area contributed by atoms with Gasteiger partial charge in [0.05, 0.1) is 6.42 Å². The maximum absolute atomic E-state index is 11.2. The molecule has 0 bridgehead atoms. The molecule has 0 amide bonds. The van der Waals surface area contributed by atoms with E-state index >= 15 is 0 Å². The van der Waals surface area contributed by atoms with Crippen LogP contribution in [0.4, 0.5) is 13.2 Å². The van der Waals surface area contributed by atoms with Crippen molar-refractivity contribution >= 4 is 11.9 Å². The first kappa shape index (κ1) is 20.9. The predicted octanol–water partition coefficient (Wildman–Crippen LogP) is 3.37. The van der Waals surface area contributed by atoms with Gasteiger partial charge in [0.1, 0.15) is 11.8 Å². The van der Waals surface area contributed by atoms with Crippen LogP contribution in [0.2, 0.25) is 0 Å². The zero-order valence-corrected chi connectivity index (χ0v) is 14.5. The molecule has 1 aliphatic rings. The number of carboxylic acids is 2. The lowest BCUT2D eigenvalue weighted by Gasteiger charge is -2.13. The van der Waals surface area contributed by atoms with E-state index in [0.29, 0.717) is 5.69 Å². The molecule has 0 saturated carbocycles. The number of nitriles is 1. The summed E-state index contributed by atoms with van der Waals surface area (Å²) in [6, 6.07) is 9.60. The van der Waals surface area contributed by atoms with Gasteiger partial charge in [-0.05, 0) is 59.2 Å². The normalized spacial score (nSPS) is 12.4. The second kappa shape index (κ2) is 8.52. The maximum atomic E-state index is 11.2. The topological polar surface area (TPSA) is 111 Å². The predicted molar refractivity (Wildman–Crippen MR) is 91.4 cm³/mol. The highest BCUT2D eigenvalue weighted by atomic mass is 19.4. The Morgan fingerprint density at radius 3 is 2.43 bits per heavy atom. The van der Waals surface area contributed by atoms with E-state index in [1.165, 1.54) is 11.1 Å². The molecule has 2 aromatic rings. The molecule has 1 heterocycles. The van der Waals surface area contributed by atoms with E-state index in [-0.39, 0.29) is 6.42 Å². The molecule has 146 valence electrons. The van der Waals surface area contributed by atoms with Crippen molar-refractivity contribution in [1.82, 2.24) is 4.98 Å². The molecular weight excluding hydrogens is 377 g/mol. The van der Waals surface area contributed by atoms with Crippen LogP contribution in [0, 0.1) is 11.3 Å². The van der Waals surface area contributed by atoms with Crippen molar-refractivity contribution in [2.75, 3.05) is 0 Å². The van der Waals surface area contributed by atoms with Crippen LogP contribution in [0.5, 0.6) is 0 Å². The summed E-state index contributed by atoms with van der Waals surface area (Å²) in [5.41, 5.74) is 5.40. The molecule has 9 heteroatoms. The number of rotatable bonds is 3. The quantitative estimate of drug-likeness (QED) is 0.828. The van der Waals surface area contributed by atoms with Gasteiger partial charge in [-0.25, -0.2) is 9.78 Å². The van der Waals surface area contributed by atoms with Crippen LogP contribution in [-0.4, -0.2) is 33.3 Å². The summed E-state index contributed by atoms with van der Waals surface area (Å²) in [6.07, 6.45) is -0.455. The molecule has 0 fully saturated rings. The Balaban J connectivity index is 0.000000345. The van der Waals surface area contributed by atoms with Crippen LogP contribution in [0.15, 0.2) is 30.5 Å². The van der Waals surface area contributed by atoms with Gasteiger partial charge in [0.2, 0.25) is 0 Å². The fourth-order valence-corrected chi connectivity index (χ4v) is 3.03. The average molecular weight is 392 g/mol. The first-order valence-corrected chi connectivity index (χ1v) is 8.15.